The van der Waals surface area contributed by atoms with Crippen LogP contribution in [0.1, 0.15) is 12.2 Å². The summed E-state index contributed by atoms with van der Waals surface area (Å²) in [6, 6.07) is 7.92. The molecule has 1 unspecified atom stereocenters. The van der Waals surface area contributed by atoms with Crippen molar-refractivity contribution < 1.29 is 4.79 Å². The standard InChI is InChI=1S/C15H15N3O/c1-2-11-9-15(19)18(10-11)8-7-14-16-12-5-3-4-6-13(12)17-14/h1,3-6,11H,7-10H2,(H,16,17). The Labute approximate surface area is 111 Å². The number of aromatic amines is 1. The first kappa shape index (κ1) is 11.8. The van der Waals surface area contributed by atoms with Crippen LogP contribution in [-0.4, -0.2) is 33.9 Å². The number of para-hydroxylation sites is 2. The zero-order valence-electron chi connectivity index (χ0n) is 10.6. The normalized spacial score (nSPS) is 19.0. The van der Waals surface area contributed by atoms with E-state index >= 15 is 0 Å². The molecule has 1 aromatic heterocycles. The molecule has 4 heteroatoms. The number of nitrogens with zero attached hydrogens (tertiary/aromatic N) is 2. The number of benzene rings is 1. The molecule has 3 rings (SSSR count). The monoisotopic (exact) mass is 253 g/mol. The summed E-state index contributed by atoms with van der Waals surface area (Å²) in [7, 11) is 0. The number of rotatable bonds is 3. The maximum absolute atomic E-state index is 11.7. The maximum Gasteiger partial charge on any atom is 0.223 e. The molecule has 2 heterocycles. The SMILES string of the molecule is C#CC1CC(=O)N(CCc2nc3ccccc3[nH]2)C1. The first-order valence-corrected chi connectivity index (χ1v) is 6.44. The predicted octanol–water partition coefficient (Wildman–Crippen LogP) is 1.59. The molecule has 1 fully saturated rings. The van der Waals surface area contributed by atoms with Crippen molar-refractivity contribution in [1.29, 1.82) is 0 Å². The van der Waals surface area contributed by atoms with Crippen molar-refractivity contribution in [3.8, 4) is 12.3 Å². The van der Waals surface area contributed by atoms with Gasteiger partial charge in [0, 0.05) is 31.8 Å². The molecule has 0 spiro atoms. The molecule has 1 aliphatic heterocycles. The molecule has 96 valence electrons. The average Bonchev–Trinajstić information content (AvgIpc) is 2.99. The molecule has 0 aliphatic carbocycles. The van der Waals surface area contributed by atoms with Gasteiger partial charge in [-0.1, -0.05) is 12.1 Å². The third-order valence-electron chi connectivity index (χ3n) is 3.51. The maximum atomic E-state index is 11.7. The molecule has 4 nitrogen and oxygen atoms in total. The molecule has 0 bridgehead atoms. The molecule has 1 saturated heterocycles. The number of H-pyrrole nitrogens is 1. The Bertz CT molecular complexity index is 620. The fourth-order valence-electron chi connectivity index (χ4n) is 2.46. The lowest BCUT2D eigenvalue weighted by Crippen LogP contribution is -2.27. The Morgan fingerprint density at radius 3 is 3.05 bits per heavy atom. The van der Waals surface area contributed by atoms with E-state index in [1.165, 1.54) is 0 Å². The minimum absolute atomic E-state index is 0.0724. The third kappa shape index (κ3) is 2.32. The summed E-state index contributed by atoms with van der Waals surface area (Å²) in [4.78, 5) is 21.3. The first-order chi connectivity index (χ1) is 9.26. The van der Waals surface area contributed by atoms with Gasteiger partial charge in [0.1, 0.15) is 5.82 Å². The highest BCUT2D eigenvalue weighted by Crippen LogP contribution is 2.17. The van der Waals surface area contributed by atoms with Crippen molar-refractivity contribution in [3.63, 3.8) is 0 Å². The van der Waals surface area contributed by atoms with Crippen LogP contribution >= 0.6 is 0 Å². The number of carbonyl (C=O) groups is 1. The minimum atomic E-state index is 0.0724. The van der Waals surface area contributed by atoms with Crippen LogP contribution < -0.4 is 0 Å². The molecule has 1 amide bonds. The summed E-state index contributed by atoms with van der Waals surface area (Å²) in [5, 5.41) is 0. The number of nitrogens with one attached hydrogen (secondary N) is 1. The fraction of sp³-hybridized carbons (Fsp3) is 0.333. The smallest absolute Gasteiger partial charge is 0.223 e. The van der Waals surface area contributed by atoms with E-state index in [4.69, 9.17) is 6.42 Å². The van der Waals surface area contributed by atoms with Crippen molar-refractivity contribution in [3.05, 3.63) is 30.1 Å². The van der Waals surface area contributed by atoms with Crippen LogP contribution in [0.3, 0.4) is 0 Å². The number of aromatic nitrogens is 2. The van der Waals surface area contributed by atoms with Crippen LogP contribution in [-0.2, 0) is 11.2 Å². The van der Waals surface area contributed by atoms with Crippen LogP contribution in [0.4, 0.5) is 0 Å². The van der Waals surface area contributed by atoms with Gasteiger partial charge in [-0.15, -0.1) is 12.3 Å². The highest BCUT2D eigenvalue weighted by molar-refractivity contribution is 5.79. The third-order valence-corrected chi connectivity index (χ3v) is 3.51. The molecule has 1 atom stereocenters. The van der Waals surface area contributed by atoms with Crippen LogP contribution in [0.25, 0.3) is 11.0 Å². The zero-order chi connectivity index (χ0) is 13.2. The van der Waals surface area contributed by atoms with Crippen molar-refractivity contribution in [2.45, 2.75) is 12.8 Å². The molecular weight excluding hydrogens is 238 g/mol. The molecule has 1 N–H and O–H groups in total. The van der Waals surface area contributed by atoms with E-state index < -0.39 is 0 Å². The van der Waals surface area contributed by atoms with Crippen LogP contribution in [0.2, 0.25) is 0 Å². The van der Waals surface area contributed by atoms with Gasteiger partial charge in [0.15, 0.2) is 0 Å². The number of carbonyl (C=O) groups excluding carboxylic acids is 1. The molecule has 1 aliphatic rings. The Kier molecular flexibility index (Phi) is 2.96. The summed E-state index contributed by atoms with van der Waals surface area (Å²) < 4.78 is 0. The van der Waals surface area contributed by atoms with Crippen LogP contribution in [0, 0.1) is 18.3 Å². The average molecular weight is 253 g/mol. The van der Waals surface area contributed by atoms with Gasteiger partial charge < -0.3 is 9.88 Å². The lowest BCUT2D eigenvalue weighted by molar-refractivity contribution is -0.127. The fourth-order valence-corrected chi connectivity index (χ4v) is 2.46. The molecule has 1 aromatic carbocycles. The first-order valence-electron chi connectivity index (χ1n) is 6.44. The molecule has 2 aromatic rings. The predicted molar refractivity (Wildman–Crippen MR) is 73.3 cm³/mol. The largest absolute Gasteiger partial charge is 0.342 e. The quantitative estimate of drug-likeness (QED) is 0.844. The zero-order valence-corrected chi connectivity index (χ0v) is 10.6. The molecule has 0 radical (unpaired) electrons. The van der Waals surface area contributed by atoms with Gasteiger partial charge >= 0.3 is 0 Å². The van der Waals surface area contributed by atoms with Gasteiger partial charge in [-0.05, 0) is 12.1 Å². The number of hydrogen-bond acceptors (Lipinski definition) is 2. The number of likely N-dealkylation sites (tertiary alicyclic amines) is 1. The Balaban J connectivity index is 1.66. The second kappa shape index (κ2) is 4.77. The van der Waals surface area contributed by atoms with Gasteiger partial charge in [0.25, 0.3) is 0 Å². The Hall–Kier alpha value is -2.28. The minimum Gasteiger partial charge on any atom is -0.342 e. The molecular formula is C15H15N3O. The second-order valence-electron chi connectivity index (χ2n) is 4.86. The summed E-state index contributed by atoms with van der Waals surface area (Å²) in [5.74, 6) is 3.80. The van der Waals surface area contributed by atoms with Gasteiger partial charge in [0.2, 0.25) is 5.91 Å². The number of fused-ring (bicyclic) bond motifs is 1. The van der Waals surface area contributed by atoms with Crippen molar-refractivity contribution >= 4 is 16.9 Å². The van der Waals surface area contributed by atoms with Crippen LogP contribution in [0.15, 0.2) is 24.3 Å². The number of terminal acetylenes is 1. The van der Waals surface area contributed by atoms with Crippen molar-refractivity contribution in [2.24, 2.45) is 5.92 Å². The summed E-state index contributed by atoms with van der Waals surface area (Å²) in [6.45, 7) is 1.35. The van der Waals surface area contributed by atoms with Crippen molar-refractivity contribution in [1.82, 2.24) is 14.9 Å². The molecule has 0 saturated carbocycles. The van der Waals surface area contributed by atoms with Crippen LogP contribution in [0.5, 0.6) is 0 Å². The van der Waals surface area contributed by atoms with Gasteiger partial charge in [-0.25, -0.2) is 4.98 Å². The topological polar surface area (TPSA) is 49.0 Å². The highest BCUT2D eigenvalue weighted by Gasteiger charge is 2.27. The number of imidazole rings is 1. The Morgan fingerprint density at radius 1 is 1.47 bits per heavy atom. The Morgan fingerprint density at radius 2 is 2.32 bits per heavy atom. The lowest BCUT2D eigenvalue weighted by Gasteiger charge is -2.14. The van der Waals surface area contributed by atoms with E-state index in [-0.39, 0.29) is 11.8 Å². The number of amides is 1. The molecule has 19 heavy (non-hydrogen) atoms. The van der Waals surface area contributed by atoms with Crippen molar-refractivity contribution in [2.75, 3.05) is 13.1 Å². The van der Waals surface area contributed by atoms with E-state index in [1.807, 2.05) is 29.2 Å². The lowest BCUT2D eigenvalue weighted by atomic mass is 10.1. The van der Waals surface area contributed by atoms with E-state index in [1.54, 1.807) is 0 Å². The van der Waals surface area contributed by atoms with Gasteiger partial charge in [0.05, 0.1) is 11.0 Å². The van der Waals surface area contributed by atoms with E-state index in [0.717, 1.165) is 23.3 Å². The van der Waals surface area contributed by atoms with E-state index in [0.29, 0.717) is 19.5 Å². The van der Waals surface area contributed by atoms with E-state index in [9.17, 15) is 4.79 Å². The van der Waals surface area contributed by atoms with Gasteiger partial charge in [-0.2, -0.15) is 0 Å². The van der Waals surface area contributed by atoms with E-state index in [2.05, 4.69) is 15.9 Å². The summed E-state index contributed by atoms with van der Waals surface area (Å²) >= 11 is 0. The second-order valence-corrected chi connectivity index (χ2v) is 4.86. The number of hydrogen-bond donors (Lipinski definition) is 1. The summed E-state index contributed by atoms with van der Waals surface area (Å²) in [5.41, 5.74) is 2.00. The highest BCUT2D eigenvalue weighted by atomic mass is 16.2. The summed E-state index contributed by atoms with van der Waals surface area (Å²) in [6.07, 6.45) is 6.59. The van der Waals surface area contributed by atoms with Gasteiger partial charge in [-0.3, -0.25) is 4.79 Å².